The number of pyridine rings is 2. The van der Waals surface area contributed by atoms with E-state index in [1.807, 2.05) is 31.3 Å². The van der Waals surface area contributed by atoms with Gasteiger partial charge in [-0.2, -0.15) is 0 Å². The van der Waals surface area contributed by atoms with Crippen molar-refractivity contribution >= 4 is 23.5 Å². The lowest BCUT2D eigenvalue weighted by molar-refractivity contribution is 0.0205. The Kier molecular flexibility index (Phi) is 8.29. The van der Waals surface area contributed by atoms with E-state index in [-0.39, 0.29) is 17.4 Å². The number of anilines is 3. The lowest BCUT2D eigenvalue weighted by atomic mass is 9.91. The Morgan fingerprint density at radius 1 is 1.07 bits per heavy atom. The number of carbonyl (C=O) groups is 1. The van der Waals surface area contributed by atoms with E-state index in [4.69, 9.17) is 19.9 Å². The summed E-state index contributed by atoms with van der Waals surface area (Å²) in [5.41, 5.74) is 9.54. The van der Waals surface area contributed by atoms with Gasteiger partial charge in [-0.1, -0.05) is 12.1 Å². The Hall–Kier alpha value is -4.81. The number of nitrogens with one attached hydrogen (secondary N) is 3. The first-order chi connectivity index (χ1) is 21.0. The molecule has 0 spiro atoms. The Labute approximate surface area is 249 Å². The lowest BCUT2D eigenvalue weighted by Gasteiger charge is -2.36. The van der Waals surface area contributed by atoms with E-state index >= 15 is 0 Å². The zero-order valence-corrected chi connectivity index (χ0v) is 23.9. The summed E-state index contributed by atoms with van der Waals surface area (Å²) >= 11 is 0. The number of aromatic nitrogens is 4. The fraction of sp³-hybridized carbons (Fsp3) is 0.323. The molecule has 5 heterocycles. The second-order valence-corrected chi connectivity index (χ2v) is 10.5. The van der Waals surface area contributed by atoms with Gasteiger partial charge < -0.3 is 35.9 Å². The minimum atomic E-state index is -0.250. The Balaban J connectivity index is 1.07. The van der Waals surface area contributed by atoms with Crippen molar-refractivity contribution in [2.75, 3.05) is 49.8 Å². The first-order valence-corrected chi connectivity index (χ1v) is 14.3. The van der Waals surface area contributed by atoms with Gasteiger partial charge in [0.1, 0.15) is 29.7 Å². The van der Waals surface area contributed by atoms with E-state index < -0.39 is 0 Å². The Morgan fingerprint density at radius 3 is 2.74 bits per heavy atom. The van der Waals surface area contributed by atoms with Gasteiger partial charge in [-0.25, -0.2) is 19.9 Å². The SMILES string of the molecule is CNC1(COc2ccc(NC(=O)c3cccc(CNc4ncc(-c5ccnc(N)n5)c5c4CCO5)c3)nc2)CCOCC1. The molecule has 222 valence electrons. The van der Waals surface area contributed by atoms with Crippen LogP contribution >= 0.6 is 0 Å². The highest BCUT2D eigenvalue weighted by Gasteiger charge is 2.31. The highest BCUT2D eigenvalue weighted by atomic mass is 16.5. The van der Waals surface area contributed by atoms with Gasteiger partial charge in [0, 0.05) is 49.7 Å². The topological polar surface area (TPSA) is 158 Å². The van der Waals surface area contributed by atoms with Crippen LogP contribution in [0.2, 0.25) is 0 Å². The summed E-state index contributed by atoms with van der Waals surface area (Å²) in [4.78, 5) is 30.3. The average Bonchev–Trinajstić information content (AvgIpc) is 3.54. The van der Waals surface area contributed by atoms with Crippen molar-refractivity contribution in [3.05, 3.63) is 77.7 Å². The highest BCUT2D eigenvalue weighted by molar-refractivity contribution is 6.03. The zero-order chi connectivity index (χ0) is 29.6. The van der Waals surface area contributed by atoms with E-state index in [2.05, 4.69) is 35.9 Å². The number of hydrogen-bond acceptors (Lipinski definition) is 11. The van der Waals surface area contributed by atoms with Crippen LogP contribution in [0.3, 0.4) is 0 Å². The van der Waals surface area contributed by atoms with Gasteiger partial charge >= 0.3 is 0 Å². The molecule has 1 saturated heterocycles. The molecule has 2 aliphatic heterocycles. The van der Waals surface area contributed by atoms with Crippen molar-refractivity contribution in [2.24, 2.45) is 0 Å². The van der Waals surface area contributed by atoms with Crippen LogP contribution in [-0.4, -0.2) is 64.9 Å². The lowest BCUT2D eigenvalue weighted by Crippen LogP contribution is -2.52. The molecule has 6 rings (SSSR count). The molecule has 12 heteroatoms. The first-order valence-electron chi connectivity index (χ1n) is 14.3. The molecule has 0 radical (unpaired) electrons. The van der Waals surface area contributed by atoms with E-state index in [1.54, 1.807) is 36.8 Å². The minimum absolute atomic E-state index is 0.106. The van der Waals surface area contributed by atoms with E-state index in [0.29, 0.717) is 55.8 Å². The monoisotopic (exact) mass is 582 g/mol. The number of benzene rings is 1. The van der Waals surface area contributed by atoms with Crippen LogP contribution in [0.5, 0.6) is 11.5 Å². The van der Waals surface area contributed by atoms with Crippen molar-refractivity contribution < 1.29 is 19.0 Å². The van der Waals surface area contributed by atoms with Crippen LogP contribution < -0.4 is 31.2 Å². The summed E-state index contributed by atoms with van der Waals surface area (Å²) in [6.07, 6.45) is 7.47. The fourth-order valence-corrected chi connectivity index (χ4v) is 5.23. The summed E-state index contributed by atoms with van der Waals surface area (Å²) in [5, 5.41) is 9.65. The molecule has 0 bridgehead atoms. The molecule has 1 aromatic carbocycles. The number of nitrogen functional groups attached to an aromatic ring is 1. The maximum absolute atomic E-state index is 13.0. The molecule has 12 nitrogen and oxygen atoms in total. The van der Waals surface area contributed by atoms with Crippen LogP contribution in [0.15, 0.2) is 61.1 Å². The van der Waals surface area contributed by atoms with E-state index in [1.165, 1.54) is 0 Å². The predicted octanol–water partition coefficient (Wildman–Crippen LogP) is 3.46. The third kappa shape index (κ3) is 6.50. The summed E-state index contributed by atoms with van der Waals surface area (Å²) < 4.78 is 17.4. The molecule has 0 unspecified atom stereocenters. The normalized spacial score (nSPS) is 15.3. The standard InChI is InChI=1S/C31H34N8O4/c1-33-31(9-13-41-14-10-31)19-43-22-5-6-26(35-17-22)39-29(40)21-4-2-3-20(15-21)16-36-28-23-8-12-42-27(23)24(18-37-28)25-7-11-34-30(32)38-25/h2-7,11,15,17-18,33H,8-10,12-14,16,19H2,1H3,(H,36,37)(H2,32,34,38)(H,35,39,40). The summed E-state index contributed by atoms with van der Waals surface area (Å²) in [7, 11) is 1.95. The van der Waals surface area contributed by atoms with Crippen molar-refractivity contribution in [1.29, 1.82) is 0 Å². The van der Waals surface area contributed by atoms with Crippen molar-refractivity contribution in [3.8, 4) is 22.8 Å². The number of hydrogen-bond donors (Lipinski definition) is 4. The summed E-state index contributed by atoms with van der Waals surface area (Å²) in [6.45, 7) is 2.99. The van der Waals surface area contributed by atoms with Crippen molar-refractivity contribution in [2.45, 2.75) is 31.3 Å². The number of nitrogens with zero attached hydrogens (tertiary/aromatic N) is 4. The molecular weight excluding hydrogens is 548 g/mol. The van der Waals surface area contributed by atoms with Gasteiger partial charge in [-0.15, -0.1) is 0 Å². The molecule has 0 atom stereocenters. The maximum atomic E-state index is 13.0. The van der Waals surface area contributed by atoms with E-state index in [9.17, 15) is 4.79 Å². The average molecular weight is 583 g/mol. The van der Waals surface area contributed by atoms with Gasteiger partial charge in [0.25, 0.3) is 5.91 Å². The largest absolute Gasteiger partial charge is 0.492 e. The molecule has 5 N–H and O–H groups in total. The quantitative estimate of drug-likeness (QED) is 0.217. The number of rotatable bonds is 10. The smallest absolute Gasteiger partial charge is 0.256 e. The maximum Gasteiger partial charge on any atom is 0.256 e. The summed E-state index contributed by atoms with van der Waals surface area (Å²) in [6, 6.07) is 12.8. The van der Waals surface area contributed by atoms with E-state index in [0.717, 1.165) is 47.5 Å². The fourth-order valence-electron chi connectivity index (χ4n) is 5.23. The number of carbonyl (C=O) groups excluding carboxylic acids is 1. The molecule has 1 fully saturated rings. The molecule has 2 aliphatic rings. The summed E-state index contributed by atoms with van der Waals surface area (Å²) in [5.74, 6) is 2.52. The molecule has 0 aliphatic carbocycles. The molecule has 3 aromatic heterocycles. The number of nitrogens with two attached hydrogens (primary N) is 1. The van der Waals surface area contributed by atoms with Crippen molar-refractivity contribution in [1.82, 2.24) is 25.3 Å². The van der Waals surface area contributed by atoms with Crippen LogP contribution in [0.1, 0.15) is 34.3 Å². The molecule has 43 heavy (non-hydrogen) atoms. The Morgan fingerprint density at radius 2 is 1.95 bits per heavy atom. The van der Waals surface area contributed by atoms with Crippen LogP contribution in [0.25, 0.3) is 11.3 Å². The van der Waals surface area contributed by atoms with Crippen LogP contribution in [0, 0.1) is 0 Å². The van der Waals surface area contributed by atoms with Gasteiger partial charge in [0.05, 0.1) is 29.6 Å². The number of ether oxygens (including phenoxy) is 3. The predicted molar refractivity (Wildman–Crippen MR) is 162 cm³/mol. The number of fused-ring (bicyclic) bond motifs is 1. The molecule has 0 saturated carbocycles. The zero-order valence-electron chi connectivity index (χ0n) is 23.9. The third-order valence-electron chi connectivity index (χ3n) is 7.80. The van der Waals surface area contributed by atoms with Crippen LogP contribution in [0.4, 0.5) is 17.6 Å². The second-order valence-electron chi connectivity index (χ2n) is 10.5. The van der Waals surface area contributed by atoms with Crippen LogP contribution in [-0.2, 0) is 17.7 Å². The van der Waals surface area contributed by atoms with Gasteiger partial charge in [-0.05, 0) is 55.8 Å². The van der Waals surface area contributed by atoms with Gasteiger partial charge in [0.2, 0.25) is 5.95 Å². The molecule has 4 aromatic rings. The molecular formula is C31H34N8O4. The first kappa shape index (κ1) is 28.3. The van der Waals surface area contributed by atoms with Gasteiger partial charge in [0.15, 0.2) is 0 Å². The highest BCUT2D eigenvalue weighted by Crippen LogP contribution is 2.39. The van der Waals surface area contributed by atoms with Crippen molar-refractivity contribution in [3.63, 3.8) is 0 Å². The second kappa shape index (κ2) is 12.6. The number of likely N-dealkylation sites (N-methyl/N-ethyl adjacent to an activating group) is 1. The third-order valence-corrected chi connectivity index (χ3v) is 7.80. The minimum Gasteiger partial charge on any atom is -0.492 e. The Bertz CT molecular complexity index is 1590. The number of amides is 1. The van der Waals surface area contributed by atoms with Gasteiger partial charge in [-0.3, -0.25) is 4.79 Å². The molecule has 1 amide bonds.